The highest BCUT2D eigenvalue weighted by Gasteiger charge is 2.20. The molecule has 0 saturated carbocycles. The van der Waals surface area contributed by atoms with Crippen LogP contribution in [0.15, 0.2) is 18.2 Å². The van der Waals surface area contributed by atoms with Crippen LogP contribution in [0, 0.1) is 12.7 Å². The van der Waals surface area contributed by atoms with Crippen molar-refractivity contribution in [3.05, 3.63) is 29.6 Å². The summed E-state index contributed by atoms with van der Waals surface area (Å²) in [4.78, 5) is 26.0. The summed E-state index contributed by atoms with van der Waals surface area (Å²) in [6.07, 6.45) is 1.25. The molecule has 0 radical (unpaired) electrons. The number of carbonyl (C=O) groups is 2. The van der Waals surface area contributed by atoms with Crippen molar-refractivity contribution in [2.45, 2.75) is 32.8 Å². The molecule has 0 aliphatic carbocycles. The van der Waals surface area contributed by atoms with Gasteiger partial charge in [0.15, 0.2) is 6.10 Å². The second kappa shape index (κ2) is 9.15. The molecule has 1 saturated heterocycles. The Balaban J connectivity index is 1.76. The van der Waals surface area contributed by atoms with Crippen LogP contribution in [0.1, 0.15) is 25.3 Å². The van der Waals surface area contributed by atoms with E-state index in [0.717, 1.165) is 25.9 Å². The summed E-state index contributed by atoms with van der Waals surface area (Å²) in [5.41, 5.74) is 0.809. The topological polar surface area (TPSA) is 58.6 Å². The fraction of sp³-hybridized carbons (Fsp3) is 0.471. The van der Waals surface area contributed by atoms with Gasteiger partial charge in [0.05, 0.1) is 5.75 Å². The highest BCUT2D eigenvalue weighted by molar-refractivity contribution is 8.23. The minimum Gasteiger partial charge on any atom is -0.452 e. The number of ether oxygens (including phenoxy) is 1. The quantitative estimate of drug-likeness (QED) is 0.622. The Morgan fingerprint density at radius 3 is 2.72 bits per heavy atom. The second-order valence-corrected chi connectivity index (χ2v) is 7.44. The van der Waals surface area contributed by atoms with Crippen molar-refractivity contribution in [3.8, 4) is 0 Å². The number of nitrogens with zero attached hydrogens (tertiary/aromatic N) is 1. The van der Waals surface area contributed by atoms with E-state index in [1.54, 1.807) is 19.1 Å². The third kappa shape index (κ3) is 5.97. The Morgan fingerprint density at radius 1 is 1.40 bits per heavy atom. The number of thioether (sulfide) groups is 1. The maximum atomic E-state index is 13.5. The predicted octanol–water partition coefficient (Wildman–Crippen LogP) is 3.12. The maximum absolute atomic E-state index is 13.5. The summed E-state index contributed by atoms with van der Waals surface area (Å²) in [5.74, 6) is -1.37. The molecule has 1 aromatic rings. The molecule has 1 aliphatic heterocycles. The number of thiocarbonyl (C=S) groups is 1. The normalized spacial score (nSPS) is 14.9. The van der Waals surface area contributed by atoms with E-state index in [-0.39, 0.29) is 5.75 Å². The van der Waals surface area contributed by atoms with E-state index in [9.17, 15) is 14.0 Å². The molecule has 8 heteroatoms. The molecule has 25 heavy (non-hydrogen) atoms. The minimum absolute atomic E-state index is 0.0616. The van der Waals surface area contributed by atoms with Crippen LogP contribution in [0.5, 0.6) is 0 Å². The van der Waals surface area contributed by atoms with Gasteiger partial charge in [-0.3, -0.25) is 9.59 Å². The number of benzene rings is 1. The third-order valence-corrected chi connectivity index (χ3v) is 5.29. The first kappa shape index (κ1) is 19.7. The summed E-state index contributed by atoms with van der Waals surface area (Å²) in [6, 6.07) is 4.39. The molecule has 2 rings (SSSR count). The average molecular weight is 384 g/mol. The van der Waals surface area contributed by atoms with Gasteiger partial charge >= 0.3 is 5.97 Å². The van der Waals surface area contributed by atoms with Crippen molar-refractivity contribution in [1.29, 1.82) is 0 Å². The predicted molar refractivity (Wildman–Crippen MR) is 101 cm³/mol. The van der Waals surface area contributed by atoms with E-state index in [4.69, 9.17) is 17.0 Å². The Hall–Kier alpha value is -1.67. The second-order valence-electron chi connectivity index (χ2n) is 5.83. The molecule has 1 fully saturated rings. The molecule has 1 N–H and O–H groups in total. The average Bonchev–Trinajstić information content (AvgIpc) is 3.10. The molecule has 1 atom stereocenters. The van der Waals surface area contributed by atoms with Gasteiger partial charge in [-0.1, -0.05) is 30.0 Å². The van der Waals surface area contributed by atoms with Gasteiger partial charge in [0, 0.05) is 18.8 Å². The highest BCUT2D eigenvalue weighted by atomic mass is 32.2. The van der Waals surface area contributed by atoms with Gasteiger partial charge in [0.2, 0.25) is 0 Å². The summed E-state index contributed by atoms with van der Waals surface area (Å²) in [5, 5.41) is 2.53. The van der Waals surface area contributed by atoms with E-state index >= 15 is 0 Å². The highest BCUT2D eigenvalue weighted by Crippen LogP contribution is 2.17. The van der Waals surface area contributed by atoms with Gasteiger partial charge < -0.3 is 15.0 Å². The van der Waals surface area contributed by atoms with E-state index < -0.39 is 23.8 Å². The number of rotatable bonds is 5. The number of hydrogen-bond donors (Lipinski definition) is 1. The fourth-order valence-electron chi connectivity index (χ4n) is 2.31. The number of carbonyl (C=O) groups excluding carboxylic acids is 2. The standard InChI is InChI=1S/C17H21FN2O3S2/c1-11-5-6-13(9-14(11)18)19-16(22)12(2)23-15(21)10-25-17(24)20-7-3-4-8-20/h5-6,9,12H,3-4,7-8,10H2,1-2H3,(H,19,22)/t12-/m0/s1. The monoisotopic (exact) mass is 384 g/mol. The first-order chi connectivity index (χ1) is 11.9. The van der Waals surface area contributed by atoms with Gasteiger partial charge in [-0.15, -0.1) is 0 Å². The number of amides is 1. The fourth-order valence-corrected chi connectivity index (χ4v) is 3.34. The Morgan fingerprint density at radius 2 is 2.08 bits per heavy atom. The molecule has 0 spiro atoms. The van der Waals surface area contributed by atoms with Gasteiger partial charge in [-0.2, -0.15) is 0 Å². The molecular weight excluding hydrogens is 363 g/mol. The lowest BCUT2D eigenvalue weighted by Crippen LogP contribution is -2.31. The molecule has 136 valence electrons. The summed E-state index contributed by atoms with van der Waals surface area (Å²) in [6.45, 7) is 4.95. The number of esters is 1. The zero-order valence-electron chi connectivity index (χ0n) is 14.2. The Labute approximate surface area is 156 Å². The minimum atomic E-state index is -0.974. The van der Waals surface area contributed by atoms with Crippen LogP contribution in [0.2, 0.25) is 0 Å². The number of hydrogen-bond acceptors (Lipinski definition) is 5. The van der Waals surface area contributed by atoms with Crippen molar-refractivity contribution in [2.75, 3.05) is 24.2 Å². The Kier molecular flexibility index (Phi) is 7.19. The lowest BCUT2D eigenvalue weighted by molar-refractivity contribution is -0.150. The molecule has 1 aromatic carbocycles. The van der Waals surface area contributed by atoms with Crippen LogP contribution in [0.3, 0.4) is 0 Å². The van der Waals surface area contributed by atoms with Crippen LogP contribution >= 0.6 is 24.0 Å². The summed E-state index contributed by atoms with van der Waals surface area (Å²) >= 11 is 6.52. The van der Waals surface area contributed by atoms with Crippen LogP contribution in [-0.2, 0) is 14.3 Å². The molecule has 0 aromatic heterocycles. The first-order valence-corrected chi connectivity index (χ1v) is 9.44. The summed E-state index contributed by atoms with van der Waals surface area (Å²) in [7, 11) is 0. The third-order valence-electron chi connectivity index (χ3n) is 3.79. The van der Waals surface area contributed by atoms with Gasteiger partial charge in [0.25, 0.3) is 5.91 Å². The van der Waals surface area contributed by atoms with Crippen LogP contribution in [-0.4, -0.2) is 46.0 Å². The van der Waals surface area contributed by atoms with Crippen molar-refractivity contribution in [3.63, 3.8) is 0 Å². The molecule has 0 unspecified atom stereocenters. The Bertz CT molecular complexity index is 663. The SMILES string of the molecule is Cc1ccc(NC(=O)[C@H](C)OC(=O)CSC(=S)N2CCCC2)cc1F. The summed E-state index contributed by atoms with van der Waals surface area (Å²) < 4.78 is 19.3. The smallest absolute Gasteiger partial charge is 0.317 e. The molecule has 1 amide bonds. The molecule has 0 bridgehead atoms. The number of likely N-dealkylation sites (tertiary alicyclic amines) is 1. The molecule has 1 heterocycles. The van der Waals surface area contributed by atoms with Crippen LogP contribution in [0.25, 0.3) is 0 Å². The van der Waals surface area contributed by atoms with Crippen LogP contribution < -0.4 is 5.32 Å². The number of aryl methyl sites for hydroxylation is 1. The van der Waals surface area contributed by atoms with Crippen molar-refractivity contribution < 1.29 is 18.7 Å². The molecule has 1 aliphatic rings. The van der Waals surface area contributed by atoms with E-state index in [1.165, 1.54) is 24.8 Å². The van der Waals surface area contributed by atoms with Crippen molar-refractivity contribution >= 4 is 45.9 Å². The van der Waals surface area contributed by atoms with Gasteiger partial charge in [-0.25, -0.2) is 4.39 Å². The van der Waals surface area contributed by atoms with Gasteiger partial charge in [0.1, 0.15) is 10.1 Å². The van der Waals surface area contributed by atoms with E-state index in [1.807, 2.05) is 0 Å². The molecular formula is C17H21FN2O3S2. The number of nitrogens with one attached hydrogen (secondary N) is 1. The van der Waals surface area contributed by atoms with Crippen molar-refractivity contribution in [1.82, 2.24) is 4.90 Å². The van der Waals surface area contributed by atoms with Gasteiger partial charge in [-0.05, 0) is 44.4 Å². The van der Waals surface area contributed by atoms with Crippen molar-refractivity contribution in [2.24, 2.45) is 0 Å². The largest absolute Gasteiger partial charge is 0.452 e. The lowest BCUT2D eigenvalue weighted by Gasteiger charge is -2.18. The molecule has 5 nitrogen and oxygen atoms in total. The van der Waals surface area contributed by atoms with E-state index in [0.29, 0.717) is 15.6 Å². The number of anilines is 1. The van der Waals surface area contributed by atoms with E-state index in [2.05, 4.69) is 10.2 Å². The first-order valence-electron chi connectivity index (χ1n) is 8.05. The lowest BCUT2D eigenvalue weighted by atomic mass is 10.2. The maximum Gasteiger partial charge on any atom is 0.317 e. The number of halogens is 1. The van der Waals surface area contributed by atoms with Crippen LogP contribution in [0.4, 0.5) is 10.1 Å². The zero-order valence-corrected chi connectivity index (χ0v) is 15.8. The zero-order chi connectivity index (χ0) is 18.4.